The number of rotatable bonds is 9. The van der Waals surface area contributed by atoms with Crippen LogP contribution in [0.4, 0.5) is 10.1 Å². The molecule has 2 N–H and O–H groups in total. The van der Waals surface area contributed by atoms with E-state index < -0.39 is 5.82 Å². The summed E-state index contributed by atoms with van der Waals surface area (Å²) in [5.41, 5.74) is 1.26. The second-order valence-corrected chi connectivity index (χ2v) is 5.61. The van der Waals surface area contributed by atoms with Gasteiger partial charge in [0.1, 0.15) is 5.82 Å². The predicted octanol–water partition coefficient (Wildman–Crippen LogP) is 3.11. The van der Waals surface area contributed by atoms with Crippen LogP contribution in [-0.4, -0.2) is 39.8 Å². The molecule has 0 radical (unpaired) electrons. The standard InChI is InChI=1S/C19H23FN2O4/c1-13-4-6-17(18(10-13)25-3)26-16-7-5-14(20)11-15(16)22-19(23)12-21-8-9-24-2/h4-7,10-11,21H,8-9,12H2,1-3H3,(H,22,23). The molecule has 0 aliphatic heterocycles. The lowest BCUT2D eigenvalue weighted by Gasteiger charge is -2.15. The average molecular weight is 362 g/mol. The van der Waals surface area contributed by atoms with Crippen LogP contribution in [0.5, 0.6) is 17.2 Å². The maximum absolute atomic E-state index is 13.6. The first-order valence-corrected chi connectivity index (χ1v) is 8.15. The molecule has 0 bridgehead atoms. The maximum atomic E-state index is 13.6. The zero-order valence-corrected chi connectivity index (χ0v) is 15.1. The minimum Gasteiger partial charge on any atom is -0.493 e. The maximum Gasteiger partial charge on any atom is 0.238 e. The van der Waals surface area contributed by atoms with Gasteiger partial charge < -0.3 is 24.8 Å². The number of benzene rings is 2. The average Bonchev–Trinajstić information content (AvgIpc) is 2.62. The molecule has 0 atom stereocenters. The van der Waals surface area contributed by atoms with Crippen molar-refractivity contribution in [1.29, 1.82) is 0 Å². The Balaban J connectivity index is 2.13. The topological polar surface area (TPSA) is 68.8 Å². The van der Waals surface area contributed by atoms with Crippen LogP contribution in [0.2, 0.25) is 0 Å². The molecule has 2 aromatic rings. The van der Waals surface area contributed by atoms with Crippen molar-refractivity contribution < 1.29 is 23.4 Å². The van der Waals surface area contributed by atoms with Gasteiger partial charge in [-0.1, -0.05) is 6.07 Å². The Bertz CT molecular complexity index is 752. The van der Waals surface area contributed by atoms with Crippen LogP contribution in [0, 0.1) is 12.7 Å². The van der Waals surface area contributed by atoms with Gasteiger partial charge >= 0.3 is 0 Å². The smallest absolute Gasteiger partial charge is 0.238 e. The summed E-state index contributed by atoms with van der Waals surface area (Å²) >= 11 is 0. The van der Waals surface area contributed by atoms with Crippen molar-refractivity contribution in [1.82, 2.24) is 5.32 Å². The van der Waals surface area contributed by atoms with E-state index in [0.29, 0.717) is 30.4 Å². The third kappa shape index (κ3) is 5.72. The van der Waals surface area contributed by atoms with Crippen LogP contribution in [0.3, 0.4) is 0 Å². The number of carbonyl (C=O) groups excluding carboxylic acids is 1. The molecular formula is C19H23FN2O4. The van der Waals surface area contributed by atoms with Crippen molar-refractivity contribution in [2.24, 2.45) is 0 Å². The fourth-order valence-corrected chi connectivity index (χ4v) is 2.24. The second-order valence-electron chi connectivity index (χ2n) is 5.61. The van der Waals surface area contributed by atoms with Crippen molar-refractivity contribution in [2.45, 2.75) is 6.92 Å². The molecule has 26 heavy (non-hydrogen) atoms. The summed E-state index contributed by atoms with van der Waals surface area (Å²) in [6, 6.07) is 9.40. The Morgan fingerprint density at radius 1 is 1.08 bits per heavy atom. The van der Waals surface area contributed by atoms with Gasteiger partial charge in [-0.3, -0.25) is 4.79 Å². The number of methoxy groups -OCH3 is 2. The molecule has 0 fully saturated rings. The van der Waals surface area contributed by atoms with Gasteiger partial charge in [-0.05, 0) is 36.8 Å². The van der Waals surface area contributed by atoms with Gasteiger partial charge in [0.2, 0.25) is 5.91 Å². The van der Waals surface area contributed by atoms with Gasteiger partial charge in [0.25, 0.3) is 0 Å². The molecule has 0 aliphatic rings. The molecule has 7 heteroatoms. The molecule has 0 aromatic heterocycles. The summed E-state index contributed by atoms with van der Waals surface area (Å²) in [6.45, 7) is 3.05. The number of anilines is 1. The summed E-state index contributed by atoms with van der Waals surface area (Å²) < 4.78 is 29.7. The van der Waals surface area contributed by atoms with Crippen LogP contribution in [0.15, 0.2) is 36.4 Å². The molecule has 2 aromatic carbocycles. The van der Waals surface area contributed by atoms with E-state index >= 15 is 0 Å². The van der Waals surface area contributed by atoms with Gasteiger partial charge in [0.15, 0.2) is 17.2 Å². The van der Waals surface area contributed by atoms with Crippen LogP contribution in [0.25, 0.3) is 0 Å². The summed E-state index contributed by atoms with van der Waals surface area (Å²) in [4.78, 5) is 12.0. The lowest BCUT2D eigenvalue weighted by atomic mass is 10.2. The summed E-state index contributed by atoms with van der Waals surface area (Å²) in [7, 11) is 3.12. The Morgan fingerprint density at radius 3 is 2.58 bits per heavy atom. The second kappa shape index (κ2) is 9.74. The van der Waals surface area contributed by atoms with Gasteiger partial charge in [-0.25, -0.2) is 4.39 Å². The molecule has 6 nitrogen and oxygen atoms in total. The predicted molar refractivity (Wildman–Crippen MR) is 97.6 cm³/mol. The molecule has 140 valence electrons. The zero-order chi connectivity index (χ0) is 18.9. The lowest BCUT2D eigenvalue weighted by Crippen LogP contribution is -2.30. The number of hydrogen-bond donors (Lipinski definition) is 2. The Kier molecular flexibility index (Phi) is 7.37. The fraction of sp³-hybridized carbons (Fsp3) is 0.316. The highest BCUT2D eigenvalue weighted by Crippen LogP contribution is 2.36. The van der Waals surface area contributed by atoms with Crippen molar-refractivity contribution in [3.8, 4) is 17.2 Å². The molecule has 0 heterocycles. The van der Waals surface area contributed by atoms with Gasteiger partial charge in [0.05, 0.1) is 25.9 Å². The largest absolute Gasteiger partial charge is 0.493 e. The highest BCUT2D eigenvalue weighted by molar-refractivity contribution is 5.93. The van der Waals surface area contributed by atoms with E-state index in [4.69, 9.17) is 14.2 Å². The SMILES string of the molecule is COCCNCC(=O)Nc1cc(F)ccc1Oc1ccc(C)cc1OC. The third-order valence-corrected chi connectivity index (χ3v) is 3.52. The zero-order valence-electron chi connectivity index (χ0n) is 15.1. The van der Waals surface area contributed by atoms with E-state index in [1.54, 1.807) is 20.3 Å². The molecule has 0 aliphatic carbocycles. The van der Waals surface area contributed by atoms with Gasteiger partial charge in [-0.15, -0.1) is 0 Å². The molecule has 0 unspecified atom stereocenters. The van der Waals surface area contributed by atoms with Crippen molar-refractivity contribution in [2.75, 3.05) is 39.2 Å². The summed E-state index contributed by atoms with van der Waals surface area (Å²) in [5.74, 6) is 0.549. The Morgan fingerprint density at radius 2 is 1.85 bits per heavy atom. The highest BCUT2D eigenvalue weighted by atomic mass is 19.1. The van der Waals surface area contributed by atoms with Crippen LogP contribution in [-0.2, 0) is 9.53 Å². The number of amides is 1. The molecular weight excluding hydrogens is 339 g/mol. The van der Waals surface area contributed by atoms with Crippen molar-refractivity contribution >= 4 is 11.6 Å². The van der Waals surface area contributed by atoms with Crippen molar-refractivity contribution in [3.05, 3.63) is 47.8 Å². The van der Waals surface area contributed by atoms with Crippen LogP contribution in [0.1, 0.15) is 5.56 Å². The van der Waals surface area contributed by atoms with Crippen molar-refractivity contribution in [3.63, 3.8) is 0 Å². The number of carbonyl (C=O) groups is 1. The lowest BCUT2D eigenvalue weighted by molar-refractivity contribution is -0.115. The first kappa shape index (κ1) is 19.7. The number of ether oxygens (including phenoxy) is 3. The highest BCUT2D eigenvalue weighted by Gasteiger charge is 2.13. The van der Waals surface area contributed by atoms with E-state index in [0.717, 1.165) is 5.56 Å². The Hall–Kier alpha value is -2.64. The van der Waals surface area contributed by atoms with E-state index in [1.165, 1.54) is 18.2 Å². The Labute approximate surface area is 152 Å². The van der Waals surface area contributed by atoms with Gasteiger partial charge in [-0.2, -0.15) is 0 Å². The van der Waals surface area contributed by atoms with E-state index in [2.05, 4.69) is 10.6 Å². The minimum atomic E-state index is -0.476. The fourth-order valence-electron chi connectivity index (χ4n) is 2.24. The molecule has 1 amide bonds. The first-order chi connectivity index (χ1) is 12.5. The number of hydrogen-bond acceptors (Lipinski definition) is 5. The summed E-state index contributed by atoms with van der Waals surface area (Å²) in [5, 5.41) is 5.57. The van der Waals surface area contributed by atoms with E-state index in [1.807, 2.05) is 19.1 Å². The van der Waals surface area contributed by atoms with E-state index in [9.17, 15) is 9.18 Å². The number of nitrogens with one attached hydrogen (secondary N) is 2. The third-order valence-electron chi connectivity index (χ3n) is 3.52. The van der Waals surface area contributed by atoms with Crippen LogP contribution >= 0.6 is 0 Å². The minimum absolute atomic E-state index is 0.0766. The number of halogens is 1. The molecule has 2 rings (SSSR count). The molecule has 0 saturated heterocycles. The van der Waals surface area contributed by atoms with Crippen LogP contribution < -0.4 is 20.1 Å². The number of aryl methyl sites for hydroxylation is 1. The molecule has 0 saturated carbocycles. The van der Waals surface area contributed by atoms with Gasteiger partial charge in [0, 0.05) is 19.7 Å². The quantitative estimate of drug-likeness (QED) is 0.671. The first-order valence-electron chi connectivity index (χ1n) is 8.15. The monoisotopic (exact) mass is 362 g/mol. The summed E-state index contributed by atoms with van der Waals surface area (Å²) in [6.07, 6.45) is 0. The molecule has 0 spiro atoms. The van der Waals surface area contributed by atoms with E-state index in [-0.39, 0.29) is 18.1 Å². The normalized spacial score (nSPS) is 10.5.